The van der Waals surface area contributed by atoms with Gasteiger partial charge in [0, 0.05) is 18.0 Å². The number of carbonyl (C=O) groups is 1. The van der Waals surface area contributed by atoms with Crippen LogP contribution in [0.3, 0.4) is 0 Å². The van der Waals surface area contributed by atoms with Crippen molar-refractivity contribution < 1.29 is 9.32 Å². The highest BCUT2D eigenvalue weighted by Crippen LogP contribution is 2.25. The van der Waals surface area contributed by atoms with Crippen LogP contribution in [0.4, 0.5) is 0 Å². The maximum absolute atomic E-state index is 12.0. The highest BCUT2D eigenvalue weighted by Gasteiger charge is 2.25. The largest absolute Gasteiger partial charge is 0.356 e. The summed E-state index contributed by atoms with van der Waals surface area (Å²) in [6, 6.07) is 7.44. The van der Waals surface area contributed by atoms with Crippen LogP contribution in [0.5, 0.6) is 0 Å². The molecule has 1 aliphatic rings. The number of halogens is 1. The summed E-state index contributed by atoms with van der Waals surface area (Å²) in [5.41, 5.74) is 0.769. The van der Waals surface area contributed by atoms with Gasteiger partial charge < -0.3 is 9.84 Å². The minimum Gasteiger partial charge on any atom is -0.356 e. The van der Waals surface area contributed by atoms with E-state index in [4.69, 9.17) is 16.1 Å². The van der Waals surface area contributed by atoms with Crippen LogP contribution in [0.2, 0.25) is 5.02 Å². The molecular formula is C18H23ClN4O2. The molecule has 3 rings (SSSR count). The van der Waals surface area contributed by atoms with E-state index >= 15 is 0 Å². The van der Waals surface area contributed by atoms with Crippen molar-refractivity contribution >= 4 is 17.5 Å². The molecular weight excluding hydrogens is 340 g/mol. The van der Waals surface area contributed by atoms with Gasteiger partial charge in [0.1, 0.15) is 0 Å². The number of nitrogens with one attached hydrogen (secondary N) is 1. The number of likely N-dealkylation sites (tertiary alicyclic amines) is 1. The first kappa shape index (κ1) is 17.9. The highest BCUT2D eigenvalue weighted by molar-refractivity contribution is 6.33. The second-order valence-corrected chi connectivity index (χ2v) is 6.74. The van der Waals surface area contributed by atoms with Gasteiger partial charge in [0.25, 0.3) is 0 Å². The van der Waals surface area contributed by atoms with Gasteiger partial charge in [-0.05, 0) is 44.5 Å². The molecule has 25 heavy (non-hydrogen) atoms. The molecule has 134 valence electrons. The van der Waals surface area contributed by atoms with Crippen LogP contribution >= 0.6 is 11.6 Å². The monoisotopic (exact) mass is 362 g/mol. The Hall–Kier alpha value is -1.92. The van der Waals surface area contributed by atoms with Crippen molar-refractivity contribution in [1.29, 1.82) is 0 Å². The maximum Gasteiger partial charge on any atom is 0.241 e. The summed E-state index contributed by atoms with van der Waals surface area (Å²) in [5, 5.41) is 7.62. The predicted octanol–water partition coefficient (Wildman–Crippen LogP) is 3.13. The number of piperidine rings is 1. The fourth-order valence-electron chi connectivity index (χ4n) is 3.01. The molecule has 0 aliphatic carbocycles. The van der Waals surface area contributed by atoms with Crippen molar-refractivity contribution in [2.24, 2.45) is 5.92 Å². The van der Waals surface area contributed by atoms with E-state index in [0.29, 0.717) is 23.3 Å². The van der Waals surface area contributed by atoms with Gasteiger partial charge in [-0.15, -0.1) is 0 Å². The number of carbonyl (C=O) groups excluding carboxylic acids is 1. The van der Waals surface area contributed by atoms with Gasteiger partial charge in [0.15, 0.2) is 0 Å². The lowest BCUT2D eigenvalue weighted by Gasteiger charge is -2.30. The molecule has 6 nitrogen and oxygen atoms in total. The van der Waals surface area contributed by atoms with Crippen LogP contribution in [-0.4, -0.2) is 40.6 Å². The Morgan fingerprint density at radius 1 is 1.36 bits per heavy atom. The molecule has 1 aliphatic heterocycles. The molecule has 0 spiro atoms. The van der Waals surface area contributed by atoms with E-state index in [-0.39, 0.29) is 11.8 Å². The third-order valence-corrected chi connectivity index (χ3v) is 4.78. The molecule has 2 heterocycles. The van der Waals surface area contributed by atoms with Gasteiger partial charge in [0.2, 0.25) is 17.6 Å². The lowest BCUT2D eigenvalue weighted by molar-refractivity contribution is -0.126. The second-order valence-electron chi connectivity index (χ2n) is 6.33. The Kier molecular flexibility index (Phi) is 6.04. The number of aromatic nitrogens is 2. The van der Waals surface area contributed by atoms with E-state index in [2.05, 4.69) is 27.3 Å². The molecule has 1 N–H and O–H groups in total. The lowest BCUT2D eigenvalue weighted by atomic mass is 9.96. The van der Waals surface area contributed by atoms with Crippen LogP contribution < -0.4 is 5.32 Å². The van der Waals surface area contributed by atoms with E-state index < -0.39 is 0 Å². The number of hydrogen-bond acceptors (Lipinski definition) is 5. The predicted molar refractivity (Wildman–Crippen MR) is 96.0 cm³/mol. The van der Waals surface area contributed by atoms with Crippen molar-refractivity contribution in [1.82, 2.24) is 20.4 Å². The molecule has 0 unspecified atom stereocenters. The maximum atomic E-state index is 12.0. The standard InChI is InChI=1S/C18H23ClN4O2/c1-2-9-20-18(24)13-7-10-23(11-8-13)12-16-21-17(22-25-16)14-5-3-4-6-15(14)19/h3-6,13H,2,7-12H2,1H3,(H,20,24). The summed E-state index contributed by atoms with van der Waals surface area (Å²) < 4.78 is 5.36. The van der Waals surface area contributed by atoms with E-state index in [1.807, 2.05) is 18.2 Å². The third kappa shape index (κ3) is 4.58. The first-order valence-corrected chi connectivity index (χ1v) is 9.12. The zero-order valence-corrected chi connectivity index (χ0v) is 15.1. The highest BCUT2D eigenvalue weighted by atomic mass is 35.5. The van der Waals surface area contributed by atoms with Crippen molar-refractivity contribution in [2.75, 3.05) is 19.6 Å². The Balaban J connectivity index is 1.53. The molecule has 1 saturated heterocycles. The van der Waals surface area contributed by atoms with Crippen LogP contribution in [0.25, 0.3) is 11.4 Å². The van der Waals surface area contributed by atoms with E-state index in [1.54, 1.807) is 6.07 Å². The quantitative estimate of drug-likeness (QED) is 0.854. The number of benzene rings is 1. The Bertz CT molecular complexity index is 711. The smallest absolute Gasteiger partial charge is 0.241 e. The summed E-state index contributed by atoms with van der Waals surface area (Å²) >= 11 is 6.17. The van der Waals surface area contributed by atoms with Crippen LogP contribution in [-0.2, 0) is 11.3 Å². The van der Waals surface area contributed by atoms with E-state index in [0.717, 1.165) is 44.5 Å². The lowest BCUT2D eigenvalue weighted by Crippen LogP contribution is -2.40. The average Bonchev–Trinajstić information content (AvgIpc) is 3.09. The molecule has 0 atom stereocenters. The number of hydrogen-bond donors (Lipinski definition) is 1. The Morgan fingerprint density at radius 2 is 2.12 bits per heavy atom. The number of nitrogens with zero attached hydrogens (tertiary/aromatic N) is 3. The zero-order chi connectivity index (χ0) is 17.6. The molecule has 0 saturated carbocycles. The third-order valence-electron chi connectivity index (χ3n) is 4.45. The van der Waals surface area contributed by atoms with Gasteiger partial charge >= 0.3 is 0 Å². The topological polar surface area (TPSA) is 71.3 Å². The average molecular weight is 363 g/mol. The van der Waals surface area contributed by atoms with Gasteiger partial charge in [-0.3, -0.25) is 9.69 Å². The molecule has 7 heteroatoms. The SMILES string of the molecule is CCCNC(=O)C1CCN(Cc2nc(-c3ccccc3Cl)no2)CC1. The van der Waals surface area contributed by atoms with Gasteiger partial charge in [-0.25, -0.2) is 0 Å². The minimum atomic E-state index is 0.115. The molecule has 1 amide bonds. The summed E-state index contributed by atoms with van der Waals surface area (Å²) in [6.07, 6.45) is 2.69. The molecule has 1 aromatic carbocycles. The Morgan fingerprint density at radius 3 is 2.84 bits per heavy atom. The van der Waals surface area contributed by atoms with E-state index in [9.17, 15) is 4.79 Å². The van der Waals surface area contributed by atoms with Gasteiger partial charge in [-0.2, -0.15) is 4.98 Å². The second kappa shape index (κ2) is 8.45. The summed E-state index contributed by atoms with van der Waals surface area (Å²) in [5.74, 6) is 1.38. The molecule has 0 bridgehead atoms. The first-order valence-electron chi connectivity index (χ1n) is 8.75. The normalized spacial score (nSPS) is 16.1. The fourth-order valence-corrected chi connectivity index (χ4v) is 3.23. The molecule has 1 aromatic heterocycles. The molecule has 0 radical (unpaired) electrons. The van der Waals surface area contributed by atoms with Crippen molar-refractivity contribution in [3.05, 3.63) is 35.2 Å². The molecule has 2 aromatic rings. The van der Waals surface area contributed by atoms with Gasteiger partial charge in [0.05, 0.1) is 11.6 Å². The number of amides is 1. The van der Waals surface area contributed by atoms with Crippen molar-refractivity contribution in [2.45, 2.75) is 32.7 Å². The van der Waals surface area contributed by atoms with Crippen LogP contribution in [0.1, 0.15) is 32.1 Å². The summed E-state index contributed by atoms with van der Waals surface area (Å²) in [4.78, 5) is 18.7. The molecule has 1 fully saturated rings. The zero-order valence-electron chi connectivity index (χ0n) is 14.4. The minimum absolute atomic E-state index is 0.115. The first-order chi connectivity index (χ1) is 12.2. The Labute approximate surface area is 152 Å². The van der Waals surface area contributed by atoms with Crippen molar-refractivity contribution in [3.8, 4) is 11.4 Å². The summed E-state index contributed by atoms with van der Waals surface area (Å²) in [6.45, 7) is 5.12. The van der Waals surface area contributed by atoms with Crippen LogP contribution in [0, 0.1) is 5.92 Å². The van der Waals surface area contributed by atoms with Gasteiger partial charge in [-0.1, -0.05) is 35.8 Å². The van der Waals surface area contributed by atoms with Crippen molar-refractivity contribution in [3.63, 3.8) is 0 Å². The number of rotatable bonds is 6. The summed E-state index contributed by atoms with van der Waals surface area (Å²) in [7, 11) is 0. The fraction of sp³-hybridized carbons (Fsp3) is 0.500. The van der Waals surface area contributed by atoms with Crippen LogP contribution in [0.15, 0.2) is 28.8 Å². The van der Waals surface area contributed by atoms with E-state index in [1.165, 1.54) is 0 Å².